The van der Waals surface area contributed by atoms with Gasteiger partial charge in [-0.1, -0.05) is 59.6 Å². The van der Waals surface area contributed by atoms with E-state index < -0.39 is 24.0 Å². The molecule has 156 valence electrons. The number of rotatable bonds is 3. The van der Waals surface area contributed by atoms with Crippen molar-refractivity contribution in [2.45, 2.75) is 19.1 Å². The van der Waals surface area contributed by atoms with Crippen molar-refractivity contribution in [1.82, 2.24) is 0 Å². The molecule has 2 aliphatic rings. The summed E-state index contributed by atoms with van der Waals surface area (Å²) in [5.74, 6) is -1.40. The van der Waals surface area contributed by atoms with Gasteiger partial charge in [0.15, 0.2) is 6.10 Å². The van der Waals surface area contributed by atoms with E-state index in [1.807, 2.05) is 42.5 Å². The van der Waals surface area contributed by atoms with Crippen LogP contribution in [-0.2, 0) is 14.4 Å². The average molecular weight is 453 g/mol. The molecule has 7 heteroatoms. The highest BCUT2D eigenvalue weighted by Crippen LogP contribution is 2.48. The molecule has 5 nitrogen and oxygen atoms in total. The SMILES string of the molecule is Cc1c(Cl)cccc1N1C(=O)[C@@H]2[C@H](ON(c3ccccc3)[C@@H]2c2ccc(Cl)cc2)C1=O. The molecule has 0 N–H and O–H groups in total. The molecule has 31 heavy (non-hydrogen) atoms. The Morgan fingerprint density at radius 2 is 1.55 bits per heavy atom. The average Bonchev–Trinajstić information content (AvgIpc) is 3.28. The normalized spacial score (nSPS) is 22.9. The van der Waals surface area contributed by atoms with Crippen LogP contribution in [0, 0.1) is 12.8 Å². The molecule has 0 saturated carbocycles. The molecule has 3 aromatic carbocycles. The summed E-state index contributed by atoms with van der Waals surface area (Å²) >= 11 is 12.3. The lowest BCUT2D eigenvalue weighted by molar-refractivity contribution is -0.126. The second kappa shape index (κ2) is 7.68. The molecular formula is C24H18Cl2N2O3. The molecule has 0 unspecified atom stereocenters. The van der Waals surface area contributed by atoms with Crippen LogP contribution in [0.15, 0.2) is 72.8 Å². The number of hydrogen-bond acceptors (Lipinski definition) is 4. The van der Waals surface area contributed by atoms with Crippen molar-refractivity contribution in [2.75, 3.05) is 9.96 Å². The number of carbonyl (C=O) groups excluding carboxylic acids is 2. The van der Waals surface area contributed by atoms with Gasteiger partial charge in [0, 0.05) is 10.0 Å². The maximum Gasteiger partial charge on any atom is 0.266 e. The Morgan fingerprint density at radius 1 is 0.839 bits per heavy atom. The molecular weight excluding hydrogens is 435 g/mol. The monoisotopic (exact) mass is 452 g/mol. The number of fused-ring (bicyclic) bond motifs is 1. The highest BCUT2D eigenvalue weighted by atomic mass is 35.5. The molecule has 5 rings (SSSR count). The van der Waals surface area contributed by atoms with Crippen LogP contribution >= 0.6 is 23.2 Å². The van der Waals surface area contributed by atoms with E-state index >= 15 is 0 Å². The van der Waals surface area contributed by atoms with E-state index in [2.05, 4.69) is 0 Å². The van der Waals surface area contributed by atoms with Crippen molar-refractivity contribution in [3.63, 3.8) is 0 Å². The Labute approximate surface area is 189 Å². The van der Waals surface area contributed by atoms with Gasteiger partial charge in [0.1, 0.15) is 5.92 Å². The van der Waals surface area contributed by atoms with Gasteiger partial charge in [0.25, 0.3) is 5.91 Å². The van der Waals surface area contributed by atoms with E-state index in [1.165, 1.54) is 4.90 Å². The number of anilines is 2. The first-order valence-electron chi connectivity index (χ1n) is 9.87. The summed E-state index contributed by atoms with van der Waals surface area (Å²) in [6.45, 7) is 1.79. The third-order valence-corrected chi connectivity index (χ3v) is 6.48. The van der Waals surface area contributed by atoms with Crippen LogP contribution < -0.4 is 9.96 Å². The number of para-hydroxylation sites is 1. The molecule has 3 atom stereocenters. The largest absolute Gasteiger partial charge is 0.273 e. The zero-order chi connectivity index (χ0) is 21.7. The summed E-state index contributed by atoms with van der Waals surface area (Å²) in [6.07, 6.45) is -0.924. The molecule has 0 aliphatic carbocycles. The molecule has 2 aliphatic heterocycles. The zero-order valence-corrected chi connectivity index (χ0v) is 18.0. The van der Waals surface area contributed by atoms with E-state index in [-0.39, 0.29) is 5.91 Å². The Bertz CT molecular complexity index is 1170. The van der Waals surface area contributed by atoms with Crippen molar-refractivity contribution in [3.05, 3.63) is 94.0 Å². The number of hydroxylamine groups is 1. The number of benzene rings is 3. The first-order valence-corrected chi connectivity index (χ1v) is 10.6. The lowest BCUT2D eigenvalue weighted by atomic mass is 9.90. The standard InChI is InChI=1S/C24H18Cl2N2O3/c1-14-18(26)8-5-9-19(14)27-23(29)20-21(15-10-12-16(25)13-11-15)28(31-22(20)24(27)30)17-6-3-2-4-7-17/h2-13,20-22H,1H3/t20-,21+,22-/m0/s1. The van der Waals surface area contributed by atoms with Gasteiger partial charge in [-0.25, -0.2) is 9.96 Å². The van der Waals surface area contributed by atoms with Crippen molar-refractivity contribution < 1.29 is 14.4 Å². The quantitative estimate of drug-likeness (QED) is 0.502. The van der Waals surface area contributed by atoms with Crippen LogP contribution in [0.4, 0.5) is 11.4 Å². The maximum atomic E-state index is 13.6. The van der Waals surface area contributed by atoms with Gasteiger partial charge >= 0.3 is 0 Å². The minimum Gasteiger partial charge on any atom is -0.273 e. The van der Waals surface area contributed by atoms with E-state index in [0.717, 1.165) is 11.3 Å². The molecule has 0 bridgehead atoms. The van der Waals surface area contributed by atoms with Crippen molar-refractivity contribution in [3.8, 4) is 0 Å². The number of amides is 2. The van der Waals surface area contributed by atoms with Gasteiger partial charge in [0.05, 0.1) is 17.4 Å². The van der Waals surface area contributed by atoms with Crippen LogP contribution in [0.25, 0.3) is 0 Å². The molecule has 2 heterocycles. The summed E-state index contributed by atoms with van der Waals surface area (Å²) in [5.41, 5.74) is 2.77. The molecule has 2 saturated heterocycles. The van der Waals surface area contributed by atoms with Gasteiger partial charge in [-0.15, -0.1) is 0 Å². The topological polar surface area (TPSA) is 49.9 Å². The predicted molar refractivity (Wildman–Crippen MR) is 120 cm³/mol. The molecule has 0 radical (unpaired) electrons. The van der Waals surface area contributed by atoms with Gasteiger partial charge < -0.3 is 0 Å². The van der Waals surface area contributed by atoms with Gasteiger partial charge in [0.2, 0.25) is 5.91 Å². The van der Waals surface area contributed by atoms with Crippen molar-refractivity contribution in [2.24, 2.45) is 5.92 Å². The van der Waals surface area contributed by atoms with Gasteiger partial charge in [-0.2, -0.15) is 0 Å². The minimum absolute atomic E-state index is 0.307. The highest BCUT2D eigenvalue weighted by Gasteiger charge is 2.60. The van der Waals surface area contributed by atoms with Crippen molar-refractivity contribution in [1.29, 1.82) is 0 Å². The smallest absolute Gasteiger partial charge is 0.266 e. The highest BCUT2D eigenvalue weighted by molar-refractivity contribution is 6.32. The Balaban J connectivity index is 1.60. The summed E-state index contributed by atoms with van der Waals surface area (Å²) < 4.78 is 0. The van der Waals surface area contributed by atoms with Crippen LogP contribution in [-0.4, -0.2) is 17.9 Å². The number of hydrogen-bond donors (Lipinski definition) is 0. The Morgan fingerprint density at radius 3 is 2.26 bits per heavy atom. The second-order valence-electron chi connectivity index (χ2n) is 7.61. The van der Waals surface area contributed by atoms with Crippen molar-refractivity contribution >= 4 is 46.4 Å². The number of nitrogens with zero attached hydrogens (tertiary/aromatic N) is 2. The fraction of sp³-hybridized carbons (Fsp3) is 0.167. The fourth-order valence-corrected chi connectivity index (χ4v) is 4.58. The van der Waals surface area contributed by atoms with Crippen LogP contribution in [0.2, 0.25) is 10.0 Å². The van der Waals surface area contributed by atoms with E-state index in [4.69, 9.17) is 28.0 Å². The minimum atomic E-state index is -0.924. The molecule has 0 aromatic heterocycles. The summed E-state index contributed by atoms with van der Waals surface area (Å²) in [6, 6.07) is 21.4. The summed E-state index contributed by atoms with van der Waals surface area (Å²) in [5, 5.41) is 2.75. The molecule has 2 amide bonds. The van der Waals surface area contributed by atoms with E-state index in [1.54, 1.807) is 42.3 Å². The second-order valence-corrected chi connectivity index (χ2v) is 8.45. The first-order chi connectivity index (χ1) is 15.0. The third-order valence-electron chi connectivity index (χ3n) is 5.82. The number of carbonyl (C=O) groups is 2. The first kappa shape index (κ1) is 20.1. The van der Waals surface area contributed by atoms with E-state index in [9.17, 15) is 9.59 Å². The van der Waals surface area contributed by atoms with Gasteiger partial charge in [-0.3, -0.25) is 14.4 Å². The lowest BCUT2D eigenvalue weighted by Gasteiger charge is -2.29. The van der Waals surface area contributed by atoms with Gasteiger partial charge in [-0.05, 0) is 54.4 Å². The zero-order valence-electron chi connectivity index (χ0n) is 16.5. The molecule has 2 fully saturated rings. The predicted octanol–water partition coefficient (Wildman–Crippen LogP) is 5.35. The van der Waals surface area contributed by atoms with Crippen LogP contribution in [0.5, 0.6) is 0 Å². The van der Waals surface area contributed by atoms with Crippen LogP contribution in [0.1, 0.15) is 17.2 Å². The third kappa shape index (κ3) is 3.21. The fourth-order valence-electron chi connectivity index (χ4n) is 4.29. The Kier molecular flexibility index (Phi) is 4.97. The molecule has 0 spiro atoms. The maximum absolute atomic E-state index is 13.6. The summed E-state index contributed by atoms with van der Waals surface area (Å²) in [7, 11) is 0. The Hall–Kier alpha value is -2.86. The van der Waals surface area contributed by atoms with E-state index in [0.29, 0.717) is 21.3 Å². The number of imide groups is 1. The summed E-state index contributed by atoms with van der Waals surface area (Å²) in [4.78, 5) is 34.3. The lowest BCUT2D eigenvalue weighted by Crippen LogP contribution is -2.37. The van der Waals surface area contributed by atoms with Crippen LogP contribution in [0.3, 0.4) is 0 Å². The molecule has 3 aromatic rings. The number of halogens is 2.